The minimum Gasteiger partial charge on any atom is -0.308 e. The molecule has 0 aromatic carbocycles. The lowest BCUT2D eigenvalue weighted by Crippen LogP contribution is -2.13. The first-order valence-corrected chi connectivity index (χ1v) is 6.14. The van der Waals surface area contributed by atoms with E-state index in [0.29, 0.717) is 22.4 Å². The van der Waals surface area contributed by atoms with Crippen molar-refractivity contribution in [1.82, 2.24) is 15.0 Å². The second-order valence-electron chi connectivity index (χ2n) is 4.18. The summed E-state index contributed by atoms with van der Waals surface area (Å²) in [7, 11) is 0. The second-order valence-corrected chi connectivity index (χ2v) is 4.62. The summed E-state index contributed by atoms with van der Waals surface area (Å²) in [5.41, 5.74) is 5.52. The van der Waals surface area contributed by atoms with Crippen molar-refractivity contribution in [2.75, 3.05) is 5.43 Å². The third-order valence-corrected chi connectivity index (χ3v) is 3.25. The molecule has 0 amide bonds. The number of halogens is 1. The predicted octanol–water partition coefficient (Wildman–Crippen LogP) is 1.97. The Morgan fingerprint density at radius 1 is 1.22 bits per heavy atom. The topological polar surface area (TPSA) is 76.7 Å². The number of nitrogens with one attached hydrogen (secondary N) is 1. The van der Waals surface area contributed by atoms with Gasteiger partial charge in [0.15, 0.2) is 5.82 Å². The lowest BCUT2D eigenvalue weighted by atomic mass is 10.2. The smallest absolute Gasteiger partial charge is 0.180 e. The van der Waals surface area contributed by atoms with Gasteiger partial charge in [0.2, 0.25) is 0 Å². The van der Waals surface area contributed by atoms with Crippen LogP contribution in [0.25, 0.3) is 11.5 Å². The molecular formula is C12H12ClN5. The van der Waals surface area contributed by atoms with Crippen molar-refractivity contribution in [1.29, 1.82) is 0 Å². The number of hydrogen-bond acceptors (Lipinski definition) is 5. The summed E-state index contributed by atoms with van der Waals surface area (Å²) in [4.78, 5) is 13.2. The molecule has 92 valence electrons. The van der Waals surface area contributed by atoms with E-state index in [-0.39, 0.29) is 0 Å². The standard InChI is InChI=1S/C12H12ClN5/c13-7-4-5-10(15-6-7)12-16-9-3-1-2-8(9)11(17-12)18-14/h4-6H,1-3,14H2,(H,16,17,18). The van der Waals surface area contributed by atoms with Gasteiger partial charge in [0, 0.05) is 17.5 Å². The molecule has 5 nitrogen and oxygen atoms in total. The van der Waals surface area contributed by atoms with Crippen LogP contribution in [0.15, 0.2) is 18.3 Å². The molecule has 3 rings (SSSR count). The Bertz CT molecular complexity index is 582. The molecule has 0 aliphatic heterocycles. The van der Waals surface area contributed by atoms with E-state index in [4.69, 9.17) is 17.4 Å². The fourth-order valence-corrected chi connectivity index (χ4v) is 2.29. The minimum absolute atomic E-state index is 0.584. The fraction of sp³-hybridized carbons (Fsp3) is 0.250. The quantitative estimate of drug-likeness (QED) is 0.638. The Labute approximate surface area is 109 Å². The molecule has 1 aliphatic carbocycles. The summed E-state index contributed by atoms with van der Waals surface area (Å²) in [6.07, 6.45) is 4.62. The van der Waals surface area contributed by atoms with Crippen LogP contribution in [0.2, 0.25) is 5.02 Å². The van der Waals surface area contributed by atoms with E-state index in [1.54, 1.807) is 18.3 Å². The number of aromatic nitrogens is 3. The molecule has 0 atom stereocenters. The van der Waals surface area contributed by atoms with Crippen molar-refractivity contribution in [2.45, 2.75) is 19.3 Å². The number of anilines is 1. The molecule has 18 heavy (non-hydrogen) atoms. The maximum Gasteiger partial charge on any atom is 0.180 e. The Balaban J connectivity index is 2.10. The minimum atomic E-state index is 0.584. The Morgan fingerprint density at radius 2 is 2.11 bits per heavy atom. The molecule has 0 saturated heterocycles. The highest BCUT2D eigenvalue weighted by molar-refractivity contribution is 6.30. The van der Waals surface area contributed by atoms with Crippen LogP contribution in [0.5, 0.6) is 0 Å². The molecule has 0 bridgehead atoms. The first-order chi connectivity index (χ1) is 8.78. The van der Waals surface area contributed by atoms with Crippen molar-refractivity contribution < 1.29 is 0 Å². The summed E-state index contributed by atoms with van der Waals surface area (Å²) >= 11 is 5.82. The van der Waals surface area contributed by atoms with E-state index in [1.807, 2.05) is 0 Å². The largest absolute Gasteiger partial charge is 0.308 e. The summed E-state index contributed by atoms with van der Waals surface area (Å²) in [6.45, 7) is 0. The number of fused-ring (bicyclic) bond motifs is 1. The van der Waals surface area contributed by atoms with Crippen LogP contribution in [-0.2, 0) is 12.8 Å². The SMILES string of the molecule is NNc1nc(-c2ccc(Cl)cn2)nc2c1CCC2. The van der Waals surface area contributed by atoms with Gasteiger partial charge in [-0.2, -0.15) is 0 Å². The predicted molar refractivity (Wildman–Crippen MR) is 70.1 cm³/mol. The monoisotopic (exact) mass is 261 g/mol. The summed E-state index contributed by atoms with van der Waals surface area (Å²) in [6, 6.07) is 3.58. The Kier molecular flexibility index (Phi) is 2.85. The molecule has 2 aromatic heterocycles. The average Bonchev–Trinajstić information content (AvgIpc) is 2.86. The molecule has 2 heterocycles. The number of nitrogens with two attached hydrogens (primary N) is 1. The number of rotatable bonds is 2. The highest BCUT2D eigenvalue weighted by atomic mass is 35.5. The lowest BCUT2D eigenvalue weighted by molar-refractivity contribution is 0.899. The van der Waals surface area contributed by atoms with Crippen LogP contribution in [0.1, 0.15) is 17.7 Å². The molecular weight excluding hydrogens is 250 g/mol. The summed E-state index contributed by atoms with van der Waals surface area (Å²) in [5, 5.41) is 0.595. The molecule has 6 heteroatoms. The zero-order valence-electron chi connectivity index (χ0n) is 9.65. The average molecular weight is 262 g/mol. The van der Waals surface area contributed by atoms with Crippen LogP contribution < -0.4 is 11.3 Å². The summed E-state index contributed by atoms with van der Waals surface area (Å²) in [5.74, 6) is 6.79. The van der Waals surface area contributed by atoms with Gasteiger partial charge in [0.05, 0.1) is 5.02 Å². The van der Waals surface area contributed by atoms with Gasteiger partial charge >= 0.3 is 0 Å². The van der Waals surface area contributed by atoms with E-state index in [2.05, 4.69) is 20.4 Å². The van der Waals surface area contributed by atoms with E-state index in [1.165, 1.54) is 0 Å². The highest BCUT2D eigenvalue weighted by Crippen LogP contribution is 2.28. The third-order valence-electron chi connectivity index (χ3n) is 3.03. The molecule has 0 radical (unpaired) electrons. The Hall–Kier alpha value is -1.72. The first kappa shape index (κ1) is 11.4. The van der Waals surface area contributed by atoms with E-state index in [0.717, 1.165) is 30.5 Å². The number of hydrazine groups is 1. The van der Waals surface area contributed by atoms with Crippen molar-refractivity contribution >= 4 is 17.4 Å². The van der Waals surface area contributed by atoms with Gasteiger partial charge < -0.3 is 5.43 Å². The van der Waals surface area contributed by atoms with Crippen molar-refractivity contribution in [3.63, 3.8) is 0 Å². The van der Waals surface area contributed by atoms with Crippen LogP contribution in [0, 0.1) is 0 Å². The van der Waals surface area contributed by atoms with Gasteiger partial charge in [-0.25, -0.2) is 15.8 Å². The van der Waals surface area contributed by atoms with Crippen LogP contribution >= 0.6 is 11.6 Å². The number of pyridine rings is 1. The van der Waals surface area contributed by atoms with Crippen LogP contribution in [0.4, 0.5) is 5.82 Å². The molecule has 0 saturated carbocycles. The Morgan fingerprint density at radius 3 is 2.83 bits per heavy atom. The van der Waals surface area contributed by atoms with Crippen molar-refractivity contribution in [3.05, 3.63) is 34.6 Å². The molecule has 0 spiro atoms. The van der Waals surface area contributed by atoms with Gasteiger partial charge in [0.25, 0.3) is 0 Å². The normalized spacial score (nSPS) is 13.4. The lowest BCUT2D eigenvalue weighted by Gasteiger charge is -2.08. The zero-order valence-corrected chi connectivity index (χ0v) is 10.4. The van der Waals surface area contributed by atoms with E-state index >= 15 is 0 Å². The zero-order chi connectivity index (χ0) is 12.5. The second kappa shape index (κ2) is 4.51. The number of nitrogens with zero attached hydrogens (tertiary/aromatic N) is 3. The number of aryl methyl sites for hydroxylation is 1. The number of nitrogen functional groups attached to an aromatic ring is 1. The van der Waals surface area contributed by atoms with Crippen molar-refractivity contribution in [3.8, 4) is 11.5 Å². The van der Waals surface area contributed by atoms with E-state index in [9.17, 15) is 0 Å². The van der Waals surface area contributed by atoms with Crippen molar-refractivity contribution in [2.24, 2.45) is 5.84 Å². The molecule has 1 aliphatic rings. The maximum atomic E-state index is 5.82. The fourth-order valence-electron chi connectivity index (χ4n) is 2.17. The van der Waals surface area contributed by atoms with Crippen LogP contribution in [0.3, 0.4) is 0 Å². The molecule has 3 N–H and O–H groups in total. The van der Waals surface area contributed by atoms with Gasteiger partial charge in [-0.05, 0) is 31.4 Å². The first-order valence-electron chi connectivity index (χ1n) is 5.76. The molecule has 2 aromatic rings. The van der Waals surface area contributed by atoms with Crippen LogP contribution in [-0.4, -0.2) is 15.0 Å². The summed E-state index contributed by atoms with van der Waals surface area (Å²) < 4.78 is 0. The third kappa shape index (κ3) is 1.91. The molecule has 0 unspecified atom stereocenters. The van der Waals surface area contributed by atoms with Gasteiger partial charge in [-0.15, -0.1) is 0 Å². The van der Waals surface area contributed by atoms with Gasteiger partial charge in [0.1, 0.15) is 11.5 Å². The highest BCUT2D eigenvalue weighted by Gasteiger charge is 2.19. The number of hydrogen-bond donors (Lipinski definition) is 2. The van der Waals surface area contributed by atoms with Gasteiger partial charge in [-0.3, -0.25) is 4.98 Å². The van der Waals surface area contributed by atoms with E-state index < -0.39 is 0 Å². The molecule has 0 fully saturated rings. The van der Waals surface area contributed by atoms with Gasteiger partial charge in [-0.1, -0.05) is 11.6 Å². The maximum absolute atomic E-state index is 5.82.